The van der Waals surface area contributed by atoms with E-state index in [2.05, 4.69) is 10.6 Å². The van der Waals surface area contributed by atoms with Crippen LogP contribution in [0.25, 0.3) is 0 Å². The average Bonchev–Trinajstić information content (AvgIpc) is 2.29. The summed E-state index contributed by atoms with van der Waals surface area (Å²) in [6.07, 6.45) is 0. The zero-order valence-electron chi connectivity index (χ0n) is 10.1. The van der Waals surface area contributed by atoms with E-state index in [9.17, 15) is 0 Å². The van der Waals surface area contributed by atoms with Gasteiger partial charge in [0.1, 0.15) is 8.64 Å². The van der Waals surface area contributed by atoms with Gasteiger partial charge in [-0.25, -0.2) is 0 Å². The third kappa shape index (κ3) is 6.19. The number of hydrogen-bond donors (Lipinski definition) is 6. The lowest BCUT2D eigenvalue weighted by molar-refractivity contribution is 1.51. The zero-order valence-corrected chi connectivity index (χ0v) is 13.4. The number of hydrogen-bond acceptors (Lipinski definition) is 6. The van der Waals surface area contributed by atoms with Gasteiger partial charge >= 0.3 is 0 Å². The molecule has 1 aromatic carbocycles. The van der Waals surface area contributed by atoms with Crippen molar-refractivity contribution in [1.82, 2.24) is 0 Å². The Hall–Kier alpha value is -1.36. The zero-order chi connectivity index (χ0) is 15.1. The molecule has 0 unspecified atom stereocenters. The standard InChI is InChI=1S/C10H12N6S4/c11-7(12)19-9(17)15-5-3-1-2-4-6(5)16-10(18)20-8(13)14/h1-4H,(H3,11,12)(H3,13,14)(H,15,17)(H,16,18). The molecule has 8 N–H and O–H groups in total. The minimum atomic E-state index is -0.0874. The van der Waals surface area contributed by atoms with Gasteiger partial charge in [-0.15, -0.1) is 0 Å². The first-order valence-corrected chi connectivity index (χ1v) is 7.58. The average molecular weight is 345 g/mol. The maximum Gasteiger partial charge on any atom is 0.158 e. The number of amidine groups is 2. The van der Waals surface area contributed by atoms with Gasteiger partial charge in [-0.1, -0.05) is 36.6 Å². The Balaban J connectivity index is 2.77. The number of anilines is 2. The van der Waals surface area contributed by atoms with Gasteiger partial charge in [-0.3, -0.25) is 10.8 Å². The monoisotopic (exact) mass is 344 g/mol. The molecule has 10 heteroatoms. The first-order chi connectivity index (χ1) is 9.38. The minimum Gasteiger partial charge on any atom is -0.378 e. The van der Waals surface area contributed by atoms with Gasteiger partial charge in [0.15, 0.2) is 10.3 Å². The maximum atomic E-state index is 7.17. The van der Waals surface area contributed by atoms with Crippen LogP contribution in [0.2, 0.25) is 0 Å². The molecule has 0 saturated heterocycles. The number of thiocarbonyl (C=S) groups is 2. The summed E-state index contributed by atoms with van der Waals surface area (Å²) in [7, 11) is 0. The van der Waals surface area contributed by atoms with E-state index in [1.54, 1.807) is 12.1 Å². The predicted octanol–water partition coefficient (Wildman–Crippen LogP) is 2.33. The maximum absolute atomic E-state index is 7.17. The number of nitrogens with one attached hydrogen (secondary N) is 4. The fourth-order valence-corrected chi connectivity index (χ4v) is 2.65. The fourth-order valence-electron chi connectivity index (χ4n) is 1.17. The van der Waals surface area contributed by atoms with Gasteiger partial charge in [-0.2, -0.15) is 0 Å². The Morgan fingerprint density at radius 1 is 0.900 bits per heavy atom. The molecule has 106 valence electrons. The van der Waals surface area contributed by atoms with Gasteiger partial charge in [0.25, 0.3) is 0 Å². The van der Waals surface area contributed by atoms with E-state index in [-0.39, 0.29) is 10.3 Å². The van der Waals surface area contributed by atoms with E-state index >= 15 is 0 Å². The van der Waals surface area contributed by atoms with Crippen molar-refractivity contribution in [3.63, 3.8) is 0 Å². The van der Waals surface area contributed by atoms with E-state index in [1.165, 1.54) is 0 Å². The van der Waals surface area contributed by atoms with E-state index in [0.717, 1.165) is 23.5 Å². The molecule has 0 radical (unpaired) electrons. The molecule has 0 bridgehead atoms. The molecular weight excluding hydrogens is 332 g/mol. The van der Waals surface area contributed by atoms with Crippen molar-refractivity contribution in [2.24, 2.45) is 11.5 Å². The van der Waals surface area contributed by atoms with Crippen LogP contribution in [0, 0.1) is 10.8 Å². The van der Waals surface area contributed by atoms with Gasteiger partial charge in [0.2, 0.25) is 0 Å². The molecule has 0 aromatic heterocycles. The summed E-state index contributed by atoms with van der Waals surface area (Å²) < 4.78 is 0.716. The highest BCUT2D eigenvalue weighted by molar-refractivity contribution is 8.33. The highest BCUT2D eigenvalue weighted by Crippen LogP contribution is 2.24. The summed E-state index contributed by atoms with van der Waals surface area (Å²) in [5.74, 6) is 0. The second-order valence-corrected chi connectivity index (χ2v) is 6.74. The summed E-state index contributed by atoms with van der Waals surface area (Å²) in [5.41, 5.74) is 11.9. The quantitative estimate of drug-likeness (QED) is 0.274. The molecule has 0 atom stereocenters. The van der Waals surface area contributed by atoms with Gasteiger partial charge in [-0.05, 0) is 35.7 Å². The predicted molar refractivity (Wildman–Crippen MR) is 97.9 cm³/mol. The van der Waals surface area contributed by atoms with Crippen LogP contribution in [0.1, 0.15) is 0 Å². The third-order valence-corrected chi connectivity index (χ3v) is 3.52. The molecule has 0 saturated carbocycles. The van der Waals surface area contributed by atoms with Crippen molar-refractivity contribution in [1.29, 1.82) is 10.8 Å². The Morgan fingerprint density at radius 3 is 1.55 bits per heavy atom. The topological polar surface area (TPSA) is 124 Å². The van der Waals surface area contributed by atoms with Gasteiger partial charge < -0.3 is 22.1 Å². The van der Waals surface area contributed by atoms with Gasteiger partial charge in [0, 0.05) is 0 Å². The van der Waals surface area contributed by atoms with Crippen molar-refractivity contribution < 1.29 is 0 Å². The van der Waals surface area contributed by atoms with Crippen LogP contribution >= 0.6 is 48.0 Å². The highest BCUT2D eigenvalue weighted by atomic mass is 32.2. The lowest BCUT2D eigenvalue weighted by Crippen LogP contribution is -2.16. The van der Waals surface area contributed by atoms with E-state index in [4.69, 9.17) is 46.7 Å². The second kappa shape index (κ2) is 8.04. The van der Waals surface area contributed by atoms with Crippen LogP contribution in [-0.4, -0.2) is 19.0 Å². The summed E-state index contributed by atoms with van der Waals surface area (Å²) >= 11 is 12.0. The Morgan fingerprint density at radius 2 is 1.25 bits per heavy atom. The van der Waals surface area contributed by atoms with Crippen LogP contribution in [0.5, 0.6) is 0 Å². The molecule has 0 fully saturated rings. The van der Waals surface area contributed by atoms with E-state index in [0.29, 0.717) is 20.0 Å². The molecule has 6 nitrogen and oxygen atoms in total. The molecule has 1 aromatic rings. The van der Waals surface area contributed by atoms with Crippen LogP contribution in [0.15, 0.2) is 24.3 Å². The summed E-state index contributed by atoms with van der Waals surface area (Å²) in [6, 6.07) is 7.26. The molecule has 0 aliphatic heterocycles. The number of para-hydroxylation sites is 2. The number of nitrogens with two attached hydrogens (primary N) is 2. The Bertz CT molecular complexity index is 509. The molecule has 0 aliphatic rings. The van der Waals surface area contributed by atoms with Crippen LogP contribution < -0.4 is 22.1 Å². The fraction of sp³-hybridized carbons (Fsp3) is 0. The van der Waals surface area contributed by atoms with Crippen molar-refractivity contribution in [3.05, 3.63) is 24.3 Å². The Kier molecular flexibility index (Phi) is 6.71. The second-order valence-electron chi connectivity index (χ2n) is 3.30. The lowest BCUT2D eigenvalue weighted by Gasteiger charge is -2.13. The smallest absolute Gasteiger partial charge is 0.158 e. The van der Waals surface area contributed by atoms with Crippen LogP contribution in [0.4, 0.5) is 11.4 Å². The van der Waals surface area contributed by atoms with Crippen molar-refractivity contribution in [2.45, 2.75) is 0 Å². The van der Waals surface area contributed by atoms with Crippen molar-refractivity contribution >= 4 is 78.3 Å². The van der Waals surface area contributed by atoms with E-state index in [1.807, 2.05) is 12.1 Å². The summed E-state index contributed by atoms with van der Waals surface area (Å²) in [6.45, 7) is 0. The first-order valence-electron chi connectivity index (χ1n) is 5.13. The SMILES string of the molecule is N=C(N)SC(=S)Nc1ccccc1NC(=S)SC(=N)N. The number of rotatable bonds is 2. The minimum absolute atomic E-state index is 0.0874. The summed E-state index contributed by atoms with van der Waals surface area (Å²) in [4.78, 5) is 0. The molecule has 0 amide bonds. The molecular formula is C10H12N6S4. The van der Waals surface area contributed by atoms with Crippen LogP contribution in [0.3, 0.4) is 0 Å². The normalized spacial score (nSPS) is 9.60. The Labute approximate surface area is 135 Å². The first kappa shape index (κ1) is 16.7. The third-order valence-electron chi connectivity index (χ3n) is 1.81. The summed E-state index contributed by atoms with van der Waals surface area (Å²) in [5, 5.41) is 20.1. The number of benzene rings is 1. The van der Waals surface area contributed by atoms with Gasteiger partial charge in [0.05, 0.1) is 11.4 Å². The molecule has 0 spiro atoms. The van der Waals surface area contributed by atoms with Crippen molar-refractivity contribution in [3.8, 4) is 0 Å². The van der Waals surface area contributed by atoms with E-state index < -0.39 is 0 Å². The number of thioether (sulfide) groups is 2. The largest absolute Gasteiger partial charge is 0.378 e. The highest BCUT2D eigenvalue weighted by Gasteiger charge is 2.08. The molecule has 0 aliphatic carbocycles. The van der Waals surface area contributed by atoms with Crippen molar-refractivity contribution in [2.75, 3.05) is 10.6 Å². The lowest BCUT2D eigenvalue weighted by atomic mass is 10.2. The molecule has 20 heavy (non-hydrogen) atoms. The molecule has 0 heterocycles. The van der Waals surface area contributed by atoms with Crippen LogP contribution in [-0.2, 0) is 0 Å². The molecule has 1 rings (SSSR count).